The van der Waals surface area contributed by atoms with Crippen LogP contribution in [0.5, 0.6) is 0 Å². The van der Waals surface area contributed by atoms with E-state index in [0.29, 0.717) is 5.82 Å². The molecular weight excluding hydrogens is 227 g/mol. The number of nitrogen functional groups attached to an aromatic ring is 1. The summed E-state index contributed by atoms with van der Waals surface area (Å²) in [6.07, 6.45) is 1.71. The van der Waals surface area contributed by atoms with E-state index in [1.54, 1.807) is 6.20 Å². The molecule has 1 aromatic heterocycles. The van der Waals surface area contributed by atoms with Crippen molar-refractivity contribution in [3.63, 3.8) is 0 Å². The highest BCUT2D eigenvalue weighted by atomic mass is 127. The standard InChI is InChI=1S/C6H7IN2/c1-4-5(7)2-3-9-6(4)8/h2-3H,1H3,(H2,8,9). The average molecular weight is 234 g/mol. The van der Waals surface area contributed by atoms with Crippen LogP contribution in [0.3, 0.4) is 0 Å². The molecule has 9 heavy (non-hydrogen) atoms. The smallest absolute Gasteiger partial charge is 0.127 e. The molecule has 0 fully saturated rings. The number of nitrogens with zero attached hydrogens (tertiary/aromatic N) is 1. The van der Waals surface area contributed by atoms with Gasteiger partial charge in [-0.25, -0.2) is 4.98 Å². The molecular formula is C6H7IN2. The number of halogens is 1. The van der Waals surface area contributed by atoms with Crippen LogP contribution in [-0.2, 0) is 0 Å². The molecule has 0 atom stereocenters. The number of rotatable bonds is 0. The molecule has 0 radical (unpaired) electrons. The van der Waals surface area contributed by atoms with Crippen molar-refractivity contribution in [2.75, 3.05) is 5.73 Å². The van der Waals surface area contributed by atoms with Crippen LogP contribution in [0.15, 0.2) is 12.3 Å². The van der Waals surface area contributed by atoms with Crippen LogP contribution in [0, 0.1) is 10.5 Å². The van der Waals surface area contributed by atoms with E-state index in [9.17, 15) is 0 Å². The van der Waals surface area contributed by atoms with E-state index in [0.717, 1.165) is 5.56 Å². The van der Waals surface area contributed by atoms with Crippen molar-refractivity contribution in [1.82, 2.24) is 4.98 Å². The quantitative estimate of drug-likeness (QED) is 0.692. The maximum Gasteiger partial charge on any atom is 0.127 e. The van der Waals surface area contributed by atoms with E-state index in [-0.39, 0.29) is 0 Å². The summed E-state index contributed by atoms with van der Waals surface area (Å²) < 4.78 is 1.17. The maximum atomic E-state index is 5.50. The highest BCUT2D eigenvalue weighted by molar-refractivity contribution is 14.1. The lowest BCUT2D eigenvalue weighted by molar-refractivity contribution is 1.26. The Labute approximate surface area is 67.6 Å². The lowest BCUT2D eigenvalue weighted by atomic mass is 10.3. The fraction of sp³-hybridized carbons (Fsp3) is 0.167. The third-order valence-corrected chi connectivity index (χ3v) is 2.35. The van der Waals surface area contributed by atoms with Crippen LogP contribution >= 0.6 is 22.6 Å². The molecule has 0 saturated heterocycles. The fourth-order valence-corrected chi connectivity index (χ4v) is 0.964. The summed E-state index contributed by atoms with van der Waals surface area (Å²) in [5, 5.41) is 0. The van der Waals surface area contributed by atoms with Crippen LogP contribution in [0.2, 0.25) is 0 Å². The molecule has 0 unspecified atom stereocenters. The first-order valence-electron chi connectivity index (χ1n) is 2.58. The van der Waals surface area contributed by atoms with Gasteiger partial charge in [-0.1, -0.05) is 0 Å². The van der Waals surface area contributed by atoms with Crippen molar-refractivity contribution in [1.29, 1.82) is 0 Å². The first-order chi connectivity index (χ1) is 4.22. The number of hydrogen-bond donors (Lipinski definition) is 1. The lowest BCUT2D eigenvalue weighted by Gasteiger charge is -1.98. The zero-order valence-corrected chi connectivity index (χ0v) is 7.21. The van der Waals surface area contributed by atoms with Gasteiger partial charge in [-0.15, -0.1) is 0 Å². The fourth-order valence-electron chi connectivity index (χ4n) is 0.527. The van der Waals surface area contributed by atoms with Gasteiger partial charge >= 0.3 is 0 Å². The summed E-state index contributed by atoms with van der Waals surface area (Å²) in [4.78, 5) is 3.91. The van der Waals surface area contributed by atoms with Gasteiger partial charge in [0.05, 0.1) is 0 Å². The monoisotopic (exact) mass is 234 g/mol. The zero-order valence-electron chi connectivity index (χ0n) is 5.06. The van der Waals surface area contributed by atoms with Crippen LogP contribution in [0.1, 0.15) is 5.56 Å². The minimum atomic E-state index is 0.627. The Kier molecular flexibility index (Phi) is 1.90. The molecule has 0 spiro atoms. The predicted octanol–water partition coefficient (Wildman–Crippen LogP) is 1.58. The molecule has 0 bridgehead atoms. The summed E-state index contributed by atoms with van der Waals surface area (Å²) in [5.41, 5.74) is 6.57. The predicted molar refractivity (Wildman–Crippen MR) is 46.1 cm³/mol. The molecule has 2 N–H and O–H groups in total. The van der Waals surface area contributed by atoms with E-state index < -0.39 is 0 Å². The summed E-state index contributed by atoms with van der Waals surface area (Å²) in [5.74, 6) is 0.627. The Balaban J connectivity index is 3.25. The Bertz CT molecular complexity index is 202. The third-order valence-electron chi connectivity index (χ3n) is 1.18. The van der Waals surface area contributed by atoms with Gasteiger partial charge in [-0.2, -0.15) is 0 Å². The van der Waals surface area contributed by atoms with E-state index in [4.69, 9.17) is 5.73 Å². The zero-order chi connectivity index (χ0) is 6.85. The highest BCUT2D eigenvalue weighted by Gasteiger charge is 1.95. The van der Waals surface area contributed by atoms with Crippen LogP contribution in [-0.4, -0.2) is 4.98 Å². The van der Waals surface area contributed by atoms with Gasteiger partial charge in [0.1, 0.15) is 5.82 Å². The van der Waals surface area contributed by atoms with Crippen molar-refractivity contribution in [2.24, 2.45) is 0 Å². The Hall–Kier alpha value is -0.320. The van der Waals surface area contributed by atoms with Crippen molar-refractivity contribution < 1.29 is 0 Å². The molecule has 0 amide bonds. The van der Waals surface area contributed by atoms with Crippen molar-refractivity contribution in [3.05, 3.63) is 21.4 Å². The third kappa shape index (κ3) is 1.32. The number of pyridine rings is 1. The largest absolute Gasteiger partial charge is 0.383 e. The van der Waals surface area contributed by atoms with Gasteiger partial charge in [-0.05, 0) is 35.6 Å². The average Bonchev–Trinajstić information content (AvgIpc) is 1.83. The van der Waals surface area contributed by atoms with Gasteiger partial charge in [0.15, 0.2) is 0 Å². The number of hydrogen-bond acceptors (Lipinski definition) is 2. The highest BCUT2D eigenvalue weighted by Crippen LogP contribution is 2.13. The van der Waals surface area contributed by atoms with Crippen molar-refractivity contribution in [3.8, 4) is 0 Å². The lowest BCUT2D eigenvalue weighted by Crippen LogP contribution is -1.94. The van der Waals surface area contributed by atoms with E-state index in [2.05, 4.69) is 27.6 Å². The second-order valence-electron chi connectivity index (χ2n) is 1.80. The van der Waals surface area contributed by atoms with E-state index >= 15 is 0 Å². The van der Waals surface area contributed by atoms with Crippen LogP contribution < -0.4 is 5.73 Å². The Morgan fingerprint density at radius 2 is 2.33 bits per heavy atom. The first kappa shape index (κ1) is 6.80. The molecule has 1 rings (SSSR count). The van der Waals surface area contributed by atoms with Crippen molar-refractivity contribution >= 4 is 28.4 Å². The Morgan fingerprint density at radius 1 is 1.67 bits per heavy atom. The molecule has 2 nitrogen and oxygen atoms in total. The van der Waals surface area contributed by atoms with E-state index in [1.165, 1.54) is 3.57 Å². The maximum absolute atomic E-state index is 5.50. The number of anilines is 1. The summed E-state index contributed by atoms with van der Waals surface area (Å²) in [6.45, 7) is 1.96. The minimum Gasteiger partial charge on any atom is -0.383 e. The van der Waals surface area contributed by atoms with Gasteiger partial charge < -0.3 is 5.73 Å². The molecule has 0 aliphatic heterocycles. The summed E-state index contributed by atoms with van der Waals surface area (Å²) in [7, 11) is 0. The first-order valence-corrected chi connectivity index (χ1v) is 3.66. The molecule has 0 aliphatic rings. The molecule has 0 saturated carbocycles. The van der Waals surface area contributed by atoms with Gasteiger partial charge in [0.25, 0.3) is 0 Å². The van der Waals surface area contributed by atoms with Crippen molar-refractivity contribution in [2.45, 2.75) is 6.92 Å². The van der Waals surface area contributed by atoms with Crippen LogP contribution in [0.25, 0.3) is 0 Å². The van der Waals surface area contributed by atoms with E-state index in [1.807, 2.05) is 13.0 Å². The number of aromatic nitrogens is 1. The number of nitrogens with two attached hydrogens (primary N) is 1. The Morgan fingerprint density at radius 3 is 2.78 bits per heavy atom. The minimum absolute atomic E-state index is 0.627. The summed E-state index contributed by atoms with van der Waals surface area (Å²) in [6, 6.07) is 1.94. The molecule has 48 valence electrons. The topological polar surface area (TPSA) is 38.9 Å². The second kappa shape index (κ2) is 2.51. The molecule has 3 heteroatoms. The molecule has 0 aliphatic carbocycles. The molecule has 1 aromatic rings. The SMILES string of the molecule is Cc1c(I)ccnc1N. The van der Waals surface area contributed by atoms with Gasteiger partial charge in [0, 0.05) is 15.3 Å². The molecule has 1 heterocycles. The second-order valence-corrected chi connectivity index (χ2v) is 2.97. The van der Waals surface area contributed by atoms with Gasteiger partial charge in [0.2, 0.25) is 0 Å². The van der Waals surface area contributed by atoms with Crippen LogP contribution in [0.4, 0.5) is 5.82 Å². The van der Waals surface area contributed by atoms with Gasteiger partial charge in [-0.3, -0.25) is 0 Å². The molecule has 0 aromatic carbocycles. The summed E-state index contributed by atoms with van der Waals surface area (Å²) >= 11 is 2.23. The normalized spacial score (nSPS) is 9.56.